The number of rotatable bonds is 7. The summed E-state index contributed by atoms with van der Waals surface area (Å²) in [6.07, 6.45) is 0. The standard InChI is InChI=1S/C15H22N2O6S2/c1-11(2)14(16-25(20,21)13-4-3-9-24-13)15(19)23-10-12(18)17-5-7-22-8-6-17/h3-4,9,11,14,16H,5-8,10H2,1-2H3/t14-/m0/s1. The Bertz CT molecular complexity index is 681. The minimum atomic E-state index is -3.81. The summed E-state index contributed by atoms with van der Waals surface area (Å²) in [5, 5.41) is 1.64. The van der Waals surface area contributed by atoms with Gasteiger partial charge in [-0.15, -0.1) is 11.3 Å². The van der Waals surface area contributed by atoms with Crippen molar-refractivity contribution in [2.75, 3.05) is 32.9 Å². The van der Waals surface area contributed by atoms with Crippen molar-refractivity contribution >= 4 is 33.2 Å². The van der Waals surface area contributed by atoms with Gasteiger partial charge in [0.2, 0.25) is 0 Å². The van der Waals surface area contributed by atoms with Gasteiger partial charge in [0, 0.05) is 13.1 Å². The fourth-order valence-corrected chi connectivity index (χ4v) is 4.57. The van der Waals surface area contributed by atoms with Crippen molar-refractivity contribution < 1.29 is 27.5 Å². The lowest BCUT2D eigenvalue weighted by Crippen LogP contribution is -2.47. The van der Waals surface area contributed by atoms with E-state index in [0.29, 0.717) is 26.3 Å². The number of morpholine rings is 1. The minimum absolute atomic E-state index is 0.121. The average Bonchev–Trinajstić information content (AvgIpc) is 3.13. The molecule has 0 spiro atoms. The van der Waals surface area contributed by atoms with Gasteiger partial charge in [-0.3, -0.25) is 9.59 Å². The molecule has 140 valence electrons. The summed E-state index contributed by atoms with van der Waals surface area (Å²) in [5.41, 5.74) is 0. The fourth-order valence-electron chi connectivity index (χ4n) is 2.22. The van der Waals surface area contributed by atoms with E-state index in [1.54, 1.807) is 30.2 Å². The monoisotopic (exact) mass is 390 g/mol. The Morgan fingerprint density at radius 1 is 1.36 bits per heavy atom. The predicted molar refractivity (Wildman–Crippen MR) is 91.6 cm³/mol. The summed E-state index contributed by atoms with van der Waals surface area (Å²) in [6.45, 7) is 4.80. The first-order valence-electron chi connectivity index (χ1n) is 7.89. The zero-order valence-corrected chi connectivity index (χ0v) is 15.8. The lowest BCUT2D eigenvalue weighted by molar-refractivity contribution is -0.155. The molecule has 8 nitrogen and oxygen atoms in total. The molecule has 0 unspecified atom stereocenters. The number of carbonyl (C=O) groups is 2. The normalized spacial score (nSPS) is 16.7. The highest BCUT2D eigenvalue weighted by Crippen LogP contribution is 2.17. The maximum Gasteiger partial charge on any atom is 0.324 e. The number of hydrogen-bond acceptors (Lipinski definition) is 7. The summed E-state index contributed by atoms with van der Waals surface area (Å²) >= 11 is 1.06. The minimum Gasteiger partial charge on any atom is -0.454 e. The third-order valence-corrected chi connectivity index (χ3v) is 6.50. The first kappa shape index (κ1) is 19.8. The second-order valence-electron chi connectivity index (χ2n) is 5.88. The van der Waals surface area contributed by atoms with E-state index in [2.05, 4.69) is 4.72 Å². The number of nitrogens with one attached hydrogen (secondary N) is 1. The van der Waals surface area contributed by atoms with E-state index in [4.69, 9.17) is 9.47 Å². The van der Waals surface area contributed by atoms with Gasteiger partial charge in [-0.2, -0.15) is 4.72 Å². The maximum absolute atomic E-state index is 12.3. The summed E-state index contributed by atoms with van der Waals surface area (Å²) in [5.74, 6) is -1.42. The van der Waals surface area contributed by atoms with Crippen molar-refractivity contribution in [2.45, 2.75) is 24.1 Å². The molecule has 2 heterocycles. The van der Waals surface area contributed by atoms with Crippen LogP contribution in [0.3, 0.4) is 0 Å². The molecule has 0 radical (unpaired) electrons. The number of sulfonamides is 1. The summed E-state index contributed by atoms with van der Waals surface area (Å²) in [7, 11) is -3.81. The molecule has 1 N–H and O–H groups in total. The van der Waals surface area contributed by atoms with Crippen LogP contribution >= 0.6 is 11.3 Å². The number of hydrogen-bond donors (Lipinski definition) is 1. The summed E-state index contributed by atoms with van der Waals surface area (Å²) in [6, 6.07) is 2.00. The van der Waals surface area contributed by atoms with Gasteiger partial charge in [-0.25, -0.2) is 8.42 Å². The third-order valence-electron chi connectivity index (χ3n) is 3.66. The molecule has 1 amide bonds. The first-order valence-corrected chi connectivity index (χ1v) is 10.3. The highest BCUT2D eigenvalue weighted by Gasteiger charge is 2.31. The smallest absolute Gasteiger partial charge is 0.324 e. The average molecular weight is 390 g/mol. The Balaban J connectivity index is 1.95. The van der Waals surface area contributed by atoms with Crippen LogP contribution < -0.4 is 4.72 Å². The van der Waals surface area contributed by atoms with Crippen LogP contribution in [0.4, 0.5) is 0 Å². The number of thiophene rings is 1. The first-order chi connectivity index (χ1) is 11.8. The maximum atomic E-state index is 12.3. The molecular weight excluding hydrogens is 368 g/mol. The Morgan fingerprint density at radius 3 is 2.60 bits per heavy atom. The van der Waals surface area contributed by atoms with Crippen LogP contribution in [0.5, 0.6) is 0 Å². The van der Waals surface area contributed by atoms with E-state index in [1.165, 1.54) is 6.07 Å². The Hall–Kier alpha value is -1.49. The molecule has 1 aliphatic rings. The van der Waals surface area contributed by atoms with Crippen molar-refractivity contribution in [1.29, 1.82) is 0 Å². The van der Waals surface area contributed by atoms with Gasteiger partial charge in [0.05, 0.1) is 13.2 Å². The zero-order chi connectivity index (χ0) is 18.4. The quantitative estimate of drug-likeness (QED) is 0.679. The molecule has 0 bridgehead atoms. The number of esters is 1. The number of carbonyl (C=O) groups excluding carboxylic acids is 2. The van der Waals surface area contributed by atoms with E-state index in [-0.39, 0.29) is 16.0 Å². The van der Waals surface area contributed by atoms with Gasteiger partial charge in [0.25, 0.3) is 15.9 Å². The van der Waals surface area contributed by atoms with Crippen molar-refractivity contribution in [3.63, 3.8) is 0 Å². The fraction of sp³-hybridized carbons (Fsp3) is 0.600. The topological polar surface area (TPSA) is 102 Å². The molecule has 1 fully saturated rings. The summed E-state index contributed by atoms with van der Waals surface area (Å²) in [4.78, 5) is 25.9. The lowest BCUT2D eigenvalue weighted by atomic mass is 10.1. The van der Waals surface area contributed by atoms with Gasteiger partial charge in [0.15, 0.2) is 6.61 Å². The number of nitrogens with zero attached hydrogens (tertiary/aromatic N) is 1. The van der Waals surface area contributed by atoms with Crippen molar-refractivity contribution in [3.05, 3.63) is 17.5 Å². The van der Waals surface area contributed by atoms with Crippen LogP contribution in [0.1, 0.15) is 13.8 Å². The molecule has 25 heavy (non-hydrogen) atoms. The molecule has 0 aliphatic carbocycles. The Morgan fingerprint density at radius 2 is 2.04 bits per heavy atom. The zero-order valence-electron chi connectivity index (χ0n) is 14.1. The number of ether oxygens (including phenoxy) is 2. The van der Waals surface area contributed by atoms with Crippen LogP contribution in [0.15, 0.2) is 21.7 Å². The van der Waals surface area contributed by atoms with Gasteiger partial charge in [-0.1, -0.05) is 19.9 Å². The molecule has 1 aromatic rings. The number of amides is 1. The van der Waals surface area contributed by atoms with Crippen LogP contribution in [0, 0.1) is 5.92 Å². The van der Waals surface area contributed by atoms with Crippen molar-refractivity contribution in [3.8, 4) is 0 Å². The van der Waals surface area contributed by atoms with Crippen LogP contribution in [0.25, 0.3) is 0 Å². The predicted octanol–water partition coefficient (Wildman–Crippen LogP) is 0.453. The molecule has 1 aliphatic heterocycles. The third kappa shape index (κ3) is 5.50. The Kier molecular flexibility index (Phi) is 6.94. The molecule has 1 saturated heterocycles. The Labute approximate surface area is 151 Å². The van der Waals surface area contributed by atoms with Gasteiger partial charge >= 0.3 is 5.97 Å². The van der Waals surface area contributed by atoms with E-state index in [9.17, 15) is 18.0 Å². The van der Waals surface area contributed by atoms with Gasteiger partial charge in [-0.05, 0) is 17.4 Å². The van der Waals surface area contributed by atoms with E-state index < -0.39 is 28.6 Å². The molecule has 0 saturated carbocycles. The largest absolute Gasteiger partial charge is 0.454 e. The van der Waals surface area contributed by atoms with Crippen LogP contribution in [0.2, 0.25) is 0 Å². The van der Waals surface area contributed by atoms with E-state index in [1.807, 2.05) is 0 Å². The SMILES string of the molecule is CC(C)[C@H](NS(=O)(=O)c1cccs1)C(=O)OCC(=O)N1CCOCC1. The second-order valence-corrected chi connectivity index (χ2v) is 8.76. The highest BCUT2D eigenvalue weighted by molar-refractivity contribution is 7.91. The van der Waals surface area contributed by atoms with Gasteiger partial charge < -0.3 is 14.4 Å². The van der Waals surface area contributed by atoms with Crippen LogP contribution in [-0.2, 0) is 29.1 Å². The van der Waals surface area contributed by atoms with Crippen molar-refractivity contribution in [1.82, 2.24) is 9.62 Å². The van der Waals surface area contributed by atoms with Crippen molar-refractivity contribution in [2.24, 2.45) is 5.92 Å². The second kappa shape index (κ2) is 8.75. The van der Waals surface area contributed by atoms with E-state index in [0.717, 1.165) is 11.3 Å². The highest BCUT2D eigenvalue weighted by atomic mass is 32.2. The summed E-state index contributed by atoms with van der Waals surface area (Å²) < 4.78 is 37.3. The lowest BCUT2D eigenvalue weighted by Gasteiger charge is -2.27. The van der Waals surface area contributed by atoms with Crippen LogP contribution in [-0.4, -0.2) is 64.1 Å². The molecule has 1 aromatic heterocycles. The molecule has 1 atom stereocenters. The molecule has 10 heteroatoms. The molecule has 0 aromatic carbocycles. The molecular formula is C15H22N2O6S2. The van der Waals surface area contributed by atoms with Gasteiger partial charge in [0.1, 0.15) is 10.3 Å². The molecule has 2 rings (SSSR count). The van der Waals surface area contributed by atoms with E-state index >= 15 is 0 Å².